The Morgan fingerprint density at radius 2 is 2.27 bits per heavy atom. The summed E-state index contributed by atoms with van der Waals surface area (Å²) >= 11 is 5.99. The SMILES string of the molecule is O=C(Cc1c[nH]c2ccc(Cl)cc12)NCC(O)c1ccco1. The Hall–Kier alpha value is -2.24. The third-order valence-electron chi connectivity index (χ3n) is 3.44. The van der Waals surface area contributed by atoms with Crippen molar-refractivity contribution < 1.29 is 14.3 Å². The zero-order chi connectivity index (χ0) is 15.5. The van der Waals surface area contributed by atoms with Crippen LogP contribution < -0.4 is 5.32 Å². The van der Waals surface area contributed by atoms with E-state index in [1.54, 1.807) is 24.4 Å². The van der Waals surface area contributed by atoms with Crippen LogP contribution in [0.1, 0.15) is 17.4 Å². The molecule has 0 aliphatic rings. The topological polar surface area (TPSA) is 78.3 Å². The summed E-state index contributed by atoms with van der Waals surface area (Å²) in [6.07, 6.45) is 2.64. The second-order valence-electron chi connectivity index (χ2n) is 5.02. The van der Waals surface area contributed by atoms with Gasteiger partial charge in [-0.25, -0.2) is 0 Å². The molecule has 0 saturated heterocycles. The lowest BCUT2D eigenvalue weighted by molar-refractivity contribution is -0.120. The minimum Gasteiger partial charge on any atom is -0.467 e. The van der Waals surface area contributed by atoms with E-state index in [-0.39, 0.29) is 18.9 Å². The molecule has 0 saturated carbocycles. The molecule has 2 aromatic heterocycles. The van der Waals surface area contributed by atoms with Crippen molar-refractivity contribution in [2.45, 2.75) is 12.5 Å². The number of amides is 1. The molecule has 0 aliphatic carbocycles. The molecule has 0 radical (unpaired) electrons. The molecule has 0 bridgehead atoms. The zero-order valence-electron chi connectivity index (χ0n) is 11.7. The molecule has 3 N–H and O–H groups in total. The molecule has 2 heterocycles. The van der Waals surface area contributed by atoms with E-state index in [9.17, 15) is 9.90 Å². The van der Waals surface area contributed by atoms with E-state index in [0.717, 1.165) is 16.5 Å². The summed E-state index contributed by atoms with van der Waals surface area (Å²) in [5.74, 6) is 0.255. The average molecular weight is 319 g/mol. The molecule has 22 heavy (non-hydrogen) atoms. The fraction of sp³-hybridized carbons (Fsp3) is 0.188. The zero-order valence-corrected chi connectivity index (χ0v) is 12.4. The maximum atomic E-state index is 12.0. The third kappa shape index (κ3) is 3.16. The van der Waals surface area contributed by atoms with E-state index in [0.29, 0.717) is 10.8 Å². The molecule has 3 rings (SSSR count). The Kier molecular flexibility index (Phi) is 4.18. The van der Waals surface area contributed by atoms with Crippen LogP contribution in [0.25, 0.3) is 10.9 Å². The van der Waals surface area contributed by atoms with Gasteiger partial charge in [0.2, 0.25) is 5.91 Å². The van der Waals surface area contributed by atoms with Crippen LogP contribution in [0, 0.1) is 0 Å². The van der Waals surface area contributed by atoms with Crippen LogP contribution in [0.5, 0.6) is 0 Å². The van der Waals surface area contributed by atoms with E-state index >= 15 is 0 Å². The predicted octanol–water partition coefficient (Wildman–Crippen LogP) is 2.81. The summed E-state index contributed by atoms with van der Waals surface area (Å²) in [5, 5.41) is 14.1. The second-order valence-corrected chi connectivity index (χ2v) is 5.45. The number of H-pyrrole nitrogens is 1. The smallest absolute Gasteiger partial charge is 0.224 e. The van der Waals surface area contributed by atoms with Crippen molar-refractivity contribution >= 4 is 28.4 Å². The number of benzene rings is 1. The van der Waals surface area contributed by atoms with Crippen molar-refractivity contribution in [3.8, 4) is 0 Å². The Labute approximate surface area is 131 Å². The molecule has 1 amide bonds. The monoisotopic (exact) mass is 318 g/mol. The van der Waals surface area contributed by atoms with E-state index in [1.807, 2.05) is 12.1 Å². The summed E-state index contributed by atoms with van der Waals surface area (Å²) in [7, 11) is 0. The number of carbonyl (C=O) groups excluding carboxylic acids is 1. The number of aliphatic hydroxyl groups is 1. The fourth-order valence-corrected chi connectivity index (χ4v) is 2.50. The van der Waals surface area contributed by atoms with E-state index in [1.165, 1.54) is 6.26 Å². The van der Waals surface area contributed by atoms with Crippen LogP contribution in [0.2, 0.25) is 5.02 Å². The fourth-order valence-electron chi connectivity index (χ4n) is 2.32. The van der Waals surface area contributed by atoms with Crippen LogP contribution in [0.4, 0.5) is 0 Å². The van der Waals surface area contributed by atoms with Crippen molar-refractivity contribution in [3.05, 3.63) is 59.1 Å². The predicted molar refractivity (Wildman–Crippen MR) is 83.7 cm³/mol. The molecule has 1 aromatic carbocycles. The summed E-state index contributed by atoms with van der Waals surface area (Å²) in [6, 6.07) is 8.85. The quantitative estimate of drug-likeness (QED) is 0.677. The number of rotatable bonds is 5. The van der Waals surface area contributed by atoms with Crippen LogP contribution in [-0.4, -0.2) is 22.5 Å². The molecule has 5 nitrogen and oxygen atoms in total. The highest BCUT2D eigenvalue weighted by Gasteiger charge is 2.13. The Morgan fingerprint density at radius 1 is 1.41 bits per heavy atom. The maximum absolute atomic E-state index is 12.0. The average Bonchev–Trinajstić information content (AvgIpc) is 3.15. The van der Waals surface area contributed by atoms with E-state index in [2.05, 4.69) is 10.3 Å². The Bertz CT molecular complexity index is 780. The van der Waals surface area contributed by atoms with Crippen molar-refractivity contribution in [2.75, 3.05) is 6.54 Å². The molecular formula is C16H15ClN2O3. The molecule has 1 unspecified atom stereocenters. The lowest BCUT2D eigenvalue weighted by Gasteiger charge is -2.09. The molecule has 0 spiro atoms. The first-order valence-electron chi connectivity index (χ1n) is 6.87. The second kappa shape index (κ2) is 6.25. The highest BCUT2D eigenvalue weighted by atomic mass is 35.5. The largest absolute Gasteiger partial charge is 0.467 e. The molecule has 6 heteroatoms. The van der Waals surface area contributed by atoms with Gasteiger partial charge < -0.3 is 19.8 Å². The van der Waals surface area contributed by atoms with Crippen LogP contribution >= 0.6 is 11.6 Å². The van der Waals surface area contributed by atoms with Gasteiger partial charge in [-0.1, -0.05) is 11.6 Å². The number of furan rings is 1. The number of hydrogen-bond donors (Lipinski definition) is 3. The molecule has 114 valence electrons. The van der Waals surface area contributed by atoms with Gasteiger partial charge in [-0.2, -0.15) is 0 Å². The lowest BCUT2D eigenvalue weighted by atomic mass is 10.1. The standard InChI is InChI=1S/C16H15ClN2O3/c17-11-3-4-13-12(7-11)10(8-18-13)6-16(21)19-9-14(20)15-2-1-5-22-15/h1-5,7-8,14,18,20H,6,9H2,(H,19,21). The van der Waals surface area contributed by atoms with Crippen LogP contribution in [0.3, 0.4) is 0 Å². The number of fused-ring (bicyclic) bond motifs is 1. The summed E-state index contributed by atoms with van der Waals surface area (Å²) in [5.41, 5.74) is 1.80. The number of aromatic nitrogens is 1. The van der Waals surface area contributed by atoms with Gasteiger partial charge in [-0.05, 0) is 35.9 Å². The van der Waals surface area contributed by atoms with Gasteiger partial charge in [0, 0.05) is 22.1 Å². The minimum absolute atomic E-state index is 0.107. The maximum Gasteiger partial charge on any atom is 0.224 e. The number of hydrogen-bond acceptors (Lipinski definition) is 3. The number of aromatic amines is 1. The summed E-state index contributed by atoms with van der Waals surface area (Å²) < 4.78 is 5.08. The lowest BCUT2D eigenvalue weighted by Crippen LogP contribution is -2.29. The Morgan fingerprint density at radius 3 is 3.05 bits per heavy atom. The van der Waals surface area contributed by atoms with Crippen LogP contribution in [0.15, 0.2) is 47.2 Å². The van der Waals surface area contributed by atoms with E-state index < -0.39 is 6.10 Å². The summed E-state index contributed by atoms with van der Waals surface area (Å²) in [6.45, 7) is 0.107. The van der Waals surface area contributed by atoms with Crippen LogP contribution in [-0.2, 0) is 11.2 Å². The van der Waals surface area contributed by atoms with Gasteiger partial charge in [0.05, 0.1) is 19.2 Å². The van der Waals surface area contributed by atoms with Crippen molar-refractivity contribution in [2.24, 2.45) is 0 Å². The number of aliphatic hydroxyl groups excluding tert-OH is 1. The van der Waals surface area contributed by atoms with Crippen molar-refractivity contribution in [1.82, 2.24) is 10.3 Å². The van der Waals surface area contributed by atoms with Gasteiger partial charge >= 0.3 is 0 Å². The number of halogens is 1. The molecule has 0 aliphatic heterocycles. The first-order chi connectivity index (χ1) is 10.6. The molecule has 3 aromatic rings. The van der Waals surface area contributed by atoms with Gasteiger partial charge in [-0.3, -0.25) is 4.79 Å². The molecule has 1 atom stereocenters. The normalized spacial score (nSPS) is 12.5. The first-order valence-corrected chi connectivity index (χ1v) is 7.25. The molecular weight excluding hydrogens is 304 g/mol. The highest BCUT2D eigenvalue weighted by molar-refractivity contribution is 6.31. The number of carbonyl (C=O) groups is 1. The minimum atomic E-state index is -0.851. The molecule has 0 fully saturated rings. The number of nitrogens with one attached hydrogen (secondary N) is 2. The van der Waals surface area contributed by atoms with Gasteiger partial charge in [0.1, 0.15) is 11.9 Å². The first kappa shape index (κ1) is 14.7. The van der Waals surface area contributed by atoms with Crippen molar-refractivity contribution in [3.63, 3.8) is 0 Å². The van der Waals surface area contributed by atoms with E-state index in [4.69, 9.17) is 16.0 Å². The summed E-state index contributed by atoms with van der Waals surface area (Å²) in [4.78, 5) is 15.1. The van der Waals surface area contributed by atoms with Gasteiger partial charge in [0.15, 0.2) is 0 Å². The highest BCUT2D eigenvalue weighted by Crippen LogP contribution is 2.22. The van der Waals surface area contributed by atoms with Gasteiger partial charge in [-0.15, -0.1) is 0 Å². The third-order valence-corrected chi connectivity index (χ3v) is 3.68. The van der Waals surface area contributed by atoms with Gasteiger partial charge in [0.25, 0.3) is 0 Å². The van der Waals surface area contributed by atoms with Crippen molar-refractivity contribution in [1.29, 1.82) is 0 Å². The Balaban J connectivity index is 1.62.